The highest BCUT2D eigenvalue weighted by molar-refractivity contribution is 5.72. The van der Waals surface area contributed by atoms with E-state index < -0.39 is 0 Å². The summed E-state index contributed by atoms with van der Waals surface area (Å²) < 4.78 is 5.37. The fourth-order valence-corrected chi connectivity index (χ4v) is 2.76. The van der Waals surface area contributed by atoms with Gasteiger partial charge in [0.2, 0.25) is 0 Å². The van der Waals surface area contributed by atoms with E-state index in [0.717, 1.165) is 12.8 Å². The lowest BCUT2D eigenvalue weighted by atomic mass is 9.74. The minimum Gasteiger partial charge on any atom is -0.461 e. The third-order valence-electron chi connectivity index (χ3n) is 3.60. The van der Waals surface area contributed by atoms with E-state index in [-0.39, 0.29) is 18.7 Å². The summed E-state index contributed by atoms with van der Waals surface area (Å²) in [5, 5.41) is 8.97. The highest BCUT2D eigenvalue weighted by Gasteiger charge is 2.43. The van der Waals surface area contributed by atoms with Crippen LogP contribution in [0.5, 0.6) is 0 Å². The summed E-state index contributed by atoms with van der Waals surface area (Å²) in [6.45, 7) is 2.30. The first kappa shape index (κ1) is 10.7. The zero-order valence-corrected chi connectivity index (χ0v) is 9.06. The molecule has 1 aliphatic heterocycles. The molecule has 1 N–H and O–H groups in total. The zero-order chi connectivity index (χ0) is 10.8. The van der Waals surface area contributed by atoms with Crippen LogP contribution in [-0.2, 0) is 9.53 Å². The summed E-state index contributed by atoms with van der Waals surface area (Å²) in [7, 11) is 0. The van der Waals surface area contributed by atoms with E-state index in [4.69, 9.17) is 9.84 Å². The Morgan fingerprint density at radius 1 is 1.47 bits per heavy atom. The molecule has 1 fully saturated rings. The van der Waals surface area contributed by atoms with Gasteiger partial charge in [-0.25, -0.2) is 0 Å². The van der Waals surface area contributed by atoms with Gasteiger partial charge in [-0.3, -0.25) is 4.79 Å². The quantitative estimate of drug-likeness (QED) is 0.567. The lowest BCUT2D eigenvalue weighted by molar-refractivity contribution is -0.143. The Hall–Kier alpha value is -0.830. The van der Waals surface area contributed by atoms with Crippen LogP contribution in [0.4, 0.5) is 0 Å². The van der Waals surface area contributed by atoms with Gasteiger partial charge in [-0.1, -0.05) is 19.1 Å². The van der Waals surface area contributed by atoms with Crippen LogP contribution in [0.1, 0.15) is 26.2 Å². The van der Waals surface area contributed by atoms with Crippen molar-refractivity contribution in [1.82, 2.24) is 0 Å². The van der Waals surface area contributed by atoms with Gasteiger partial charge in [-0.2, -0.15) is 0 Å². The van der Waals surface area contributed by atoms with Gasteiger partial charge in [0.05, 0.1) is 6.42 Å². The minimum atomic E-state index is -0.0740. The molecular formula is C12H18O3. The van der Waals surface area contributed by atoms with Crippen molar-refractivity contribution in [2.75, 3.05) is 6.61 Å². The van der Waals surface area contributed by atoms with Crippen LogP contribution in [0.15, 0.2) is 12.2 Å². The normalized spacial score (nSPS) is 38.9. The first-order valence-electron chi connectivity index (χ1n) is 5.75. The van der Waals surface area contributed by atoms with Crippen LogP contribution in [0.25, 0.3) is 0 Å². The van der Waals surface area contributed by atoms with Gasteiger partial charge in [0.15, 0.2) is 0 Å². The van der Waals surface area contributed by atoms with Gasteiger partial charge in [0.1, 0.15) is 6.10 Å². The van der Waals surface area contributed by atoms with E-state index in [2.05, 4.69) is 19.1 Å². The van der Waals surface area contributed by atoms with E-state index in [0.29, 0.717) is 24.2 Å². The second-order valence-electron chi connectivity index (χ2n) is 4.46. The minimum absolute atomic E-state index is 0.0593. The molecule has 1 saturated heterocycles. The molecule has 4 atom stereocenters. The van der Waals surface area contributed by atoms with Gasteiger partial charge >= 0.3 is 5.97 Å². The molecule has 2 aliphatic rings. The molecule has 0 saturated carbocycles. The Kier molecular flexibility index (Phi) is 3.10. The Morgan fingerprint density at radius 3 is 2.87 bits per heavy atom. The number of hydrogen-bond donors (Lipinski definition) is 1. The van der Waals surface area contributed by atoms with Crippen LogP contribution in [0.2, 0.25) is 0 Å². The van der Waals surface area contributed by atoms with Crippen molar-refractivity contribution in [1.29, 1.82) is 0 Å². The summed E-state index contributed by atoms with van der Waals surface area (Å²) >= 11 is 0. The molecule has 0 amide bonds. The van der Waals surface area contributed by atoms with Crippen molar-refractivity contribution in [3.63, 3.8) is 0 Å². The van der Waals surface area contributed by atoms with Crippen LogP contribution in [0.3, 0.4) is 0 Å². The number of hydrogen-bond acceptors (Lipinski definition) is 3. The number of aliphatic hydroxyl groups excluding tert-OH is 1. The summed E-state index contributed by atoms with van der Waals surface area (Å²) in [5.74, 6) is 0.903. The molecule has 3 nitrogen and oxygen atoms in total. The third-order valence-corrected chi connectivity index (χ3v) is 3.60. The average molecular weight is 210 g/mol. The van der Waals surface area contributed by atoms with Crippen molar-refractivity contribution in [3.05, 3.63) is 12.2 Å². The number of rotatable bonds is 3. The zero-order valence-electron chi connectivity index (χ0n) is 9.06. The van der Waals surface area contributed by atoms with E-state index >= 15 is 0 Å². The van der Waals surface area contributed by atoms with Crippen molar-refractivity contribution >= 4 is 5.97 Å². The molecular weight excluding hydrogens is 192 g/mol. The Labute approximate surface area is 90.1 Å². The number of allylic oxidation sites excluding steroid dienone is 1. The van der Waals surface area contributed by atoms with Gasteiger partial charge in [-0.05, 0) is 18.8 Å². The summed E-state index contributed by atoms with van der Waals surface area (Å²) in [6.07, 6.45) is 6.65. The van der Waals surface area contributed by atoms with Crippen LogP contribution >= 0.6 is 0 Å². The van der Waals surface area contributed by atoms with E-state index in [1.54, 1.807) is 0 Å². The highest BCUT2D eigenvalue weighted by Crippen LogP contribution is 2.40. The topological polar surface area (TPSA) is 46.5 Å². The molecule has 0 unspecified atom stereocenters. The molecule has 0 aromatic rings. The SMILES string of the molecule is CC[C@@H]1C=C[C@@H](CCO)[C@@H]2CC(=O)O[C@@H]21. The lowest BCUT2D eigenvalue weighted by Gasteiger charge is -2.32. The van der Waals surface area contributed by atoms with Crippen molar-refractivity contribution in [2.24, 2.45) is 17.8 Å². The van der Waals surface area contributed by atoms with Crippen molar-refractivity contribution in [2.45, 2.75) is 32.3 Å². The average Bonchev–Trinajstić information content (AvgIpc) is 2.61. The maximum atomic E-state index is 11.3. The number of fused-ring (bicyclic) bond motifs is 1. The van der Waals surface area contributed by atoms with Gasteiger partial charge in [0, 0.05) is 18.4 Å². The fraction of sp³-hybridized carbons (Fsp3) is 0.750. The predicted octanol–water partition coefficient (Wildman–Crippen LogP) is 1.51. The van der Waals surface area contributed by atoms with E-state index in [1.807, 2.05) is 0 Å². The largest absolute Gasteiger partial charge is 0.461 e. The number of esters is 1. The number of aliphatic hydroxyl groups is 1. The molecule has 2 rings (SSSR count). The molecule has 0 spiro atoms. The summed E-state index contributed by atoms with van der Waals surface area (Å²) in [5.41, 5.74) is 0. The molecule has 0 aromatic carbocycles. The number of ether oxygens (including phenoxy) is 1. The monoisotopic (exact) mass is 210 g/mol. The maximum Gasteiger partial charge on any atom is 0.306 e. The first-order chi connectivity index (χ1) is 7.26. The van der Waals surface area contributed by atoms with Crippen LogP contribution in [-0.4, -0.2) is 23.8 Å². The van der Waals surface area contributed by atoms with Crippen LogP contribution < -0.4 is 0 Å². The Bertz CT molecular complexity index is 272. The fourth-order valence-electron chi connectivity index (χ4n) is 2.76. The molecule has 0 radical (unpaired) electrons. The van der Waals surface area contributed by atoms with E-state index in [1.165, 1.54) is 0 Å². The van der Waals surface area contributed by atoms with Crippen molar-refractivity contribution < 1.29 is 14.6 Å². The smallest absolute Gasteiger partial charge is 0.306 e. The molecule has 15 heavy (non-hydrogen) atoms. The molecule has 84 valence electrons. The second kappa shape index (κ2) is 4.35. The van der Waals surface area contributed by atoms with E-state index in [9.17, 15) is 4.79 Å². The first-order valence-corrected chi connectivity index (χ1v) is 5.75. The predicted molar refractivity (Wildman–Crippen MR) is 56.1 cm³/mol. The maximum absolute atomic E-state index is 11.3. The highest BCUT2D eigenvalue weighted by atomic mass is 16.6. The van der Waals surface area contributed by atoms with Gasteiger partial charge in [-0.15, -0.1) is 0 Å². The van der Waals surface area contributed by atoms with Crippen LogP contribution in [0, 0.1) is 17.8 Å². The molecule has 0 bridgehead atoms. The summed E-state index contributed by atoms with van der Waals surface area (Å²) in [6, 6.07) is 0. The number of carbonyl (C=O) groups excluding carboxylic acids is 1. The third kappa shape index (κ3) is 1.93. The Morgan fingerprint density at radius 2 is 2.20 bits per heavy atom. The molecule has 1 aliphatic carbocycles. The second-order valence-corrected chi connectivity index (χ2v) is 4.46. The number of carbonyl (C=O) groups is 1. The Balaban J connectivity index is 2.15. The summed E-state index contributed by atoms with van der Waals surface area (Å²) in [4.78, 5) is 11.3. The van der Waals surface area contributed by atoms with Gasteiger partial charge < -0.3 is 9.84 Å². The molecule has 3 heteroatoms. The van der Waals surface area contributed by atoms with Gasteiger partial charge in [0.25, 0.3) is 0 Å². The standard InChI is InChI=1S/C12H18O3/c1-2-8-3-4-9(5-6-13)10-7-11(14)15-12(8)10/h3-4,8-10,12-13H,2,5-7H2,1H3/t8-,9+,10+,12-/m1/s1. The molecule has 1 heterocycles. The molecule has 0 aromatic heterocycles. The van der Waals surface area contributed by atoms with Crippen molar-refractivity contribution in [3.8, 4) is 0 Å². The lowest BCUT2D eigenvalue weighted by Crippen LogP contribution is -2.33.